The van der Waals surface area contributed by atoms with E-state index in [-0.39, 0.29) is 28.2 Å². The van der Waals surface area contributed by atoms with Gasteiger partial charge < -0.3 is 9.52 Å². The normalized spacial score (nSPS) is 11.0. The summed E-state index contributed by atoms with van der Waals surface area (Å²) in [5.41, 5.74) is 1.90. The molecule has 0 spiro atoms. The van der Waals surface area contributed by atoms with Crippen LogP contribution in [0.15, 0.2) is 63.9 Å². The van der Waals surface area contributed by atoms with Crippen LogP contribution < -0.4 is 5.63 Å². The Hall–Kier alpha value is -3.67. The first-order chi connectivity index (χ1) is 12.6. The highest BCUT2D eigenvalue weighted by atomic mass is 16.4. The number of carbonyl (C=O) groups excluding carboxylic acids is 1. The summed E-state index contributed by atoms with van der Waals surface area (Å²) in [5.74, 6) is -0.118. The fourth-order valence-corrected chi connectivity index (χ4v) is 2.98. The molecule has 0 aliphatic heterocycles. The van der Waals surface area contributed by atoms with Crippen LogP contribution in [-0.2, 0) is 0 Å². The maximum absolute atomic E-state index is 11.8. The van der Waals surface area contributed by atoms with Crippen LogP contribution in [0.5, 0.6) is 5.75 Å². The highest BCUT2D eigenvalue weighted by molar-refractivity contribution is 6.00. The molecule has 1 N–H and O–H groups in total. The molecule has 2 heterocycles. The molecule has 4 rings (SSSR count). The second-order valence-corrected chi connectivity index (χ2v) is 5.92. The van der Waals surface area contributed by atoms with Gasteiger partial charge in [-0.25, -0.2) is 9.48 Å². The van der Waals surface area contributed by atoms with Crippen LogP contribution in [0.3, 0.4) is 0 Å². The maximum atomic E-state index is 11.8. The molecular formula is C20H14N2O4. The third-order valence-electron chi connectivity index (χ3n) is 4.22. The summed E-state index contributed by atoms with van der Waals surface area (Å²) in [6, 6.07) is 13.8. The van der Waals surface area contributed by atoms with Gasteiger partial charge in [0, 0.05) is 17.6 Å². The maximum Gasteiger partial charge on any atom is 0.336 e. The summed E-state index contributed by atoms with van der Waals surface area (Å²) in [5, 5.41) is 15.5. The van der Waals surface area contributed by atoms with Crippen LogP contribution in [0.4, 0.5) is 0 Å². The first kappa shape index (κ1) is 15.8. The molecule has 0 bridgehead atoms. The molecule has 26 heavy (non-hydrogen) atoms. The SMILES string of the molecule is Cc1cc(=O)oc2c(-c3nn(-c4ccccc4)cc3C=O)c(O)ccc12. The minimum atomic E-state index is -0.531. The van der Waals surface area contributed by atoms with E-state index in [0.29, 0.717) is 17.2 Å². The van der Waals surface area contributed by atoms with Crippen LogP contribution in [-0.4, -0.2) is 21.2 Å². The molecule has 2 aromatic carbocycles. The molecule has 0 aliphatic carbocycles. The lowest BCUT2D eigenvalue weighted by Crippen LogP contribution is -2.00. The van der Waals surface area contributed by atoms with E-state index in [2.05, 4.69) is 5.10 Å². The fraction of sp³-hybridized carbons (Fsp3) is 0.0500. The second-order valence-electron chi connectivity index (χ2n) is 5.92. The van der Waals surface area contributed by atoms with E-state index in [9.17, 15) is 14.7 Å². The molecule has 0 aliphatic rings. The van der Waals surface area contributed by atoms with Crippen molar-refractivity contribution in [2.24, 2.45) is 0 Å². The molecule has 0 saturated heterocycles. The summed E-state index contributed by atoms with van der Waals surface area (Å²) in [6.07, 6.45) is 2.23. The van der Waals surface area contributed by atoms with Gasteiger partial charge in [0.25, 0.3) is 0 Å². The number of fused-ring (bicyclic) bond motifs is 1. The minimum absolute atomic E-state index is 0.118. The summed E-state index contributed by atoms with van der Waals surface area (Å²) in [4.78, 5) is 23.4. The number of nitrogens with zero attached hydrogens (tertiary/aromatic N) is 2. The van der Waals surface area contributed by atoms with Crippen LogP contribution in [0.25, 0.3) is 27.9 Å². The van der Waals surface area contributed by atoms with Gasteiger partial charge in [-0.1, -0.05) is 18.2 Å². The lowest BCUT2D eigenvalue weighted by atomic mass is 10.0. The number of aldehydes is 1. The van der Waals surface area contributed by atoms with E-state index >= 15 is 0 Å². The van der Waals surface area contributed by atoms with E-state index < -0.39 is 5.63 Å². The molecule has 0 atom stereocenters. The zero-order chi connectivity index (χ0) is 18.3. The topological polar surface area (TPSA) is 85.3 Å². The number of rotatable bonds is 3. The van der Waals surface area contributed by atoms with Crippen molar-refractivity contribution in [3.63, 3.8) is 0 Å². The Morgan fingerprint density at radius 1 is 1.15 bits per heavy atom. The summed E-state index contributed by atoms with van der Waals surface area (Å²) < 4.78 is 6.89. The van der Waals surface area contributed by atoms with Crippen molar-refractivity contribution in [1.29, 1.82) is 0 Å². The van der Waals surface area contributed by atoms with E-state index in [1.165, 1.54) is 12.1 Å². The van der Waals surface area contributed by atoms with Crippen molar-refractivity contribution in [3.05, 3.63) is 76.3 Å². The van der Waals surface area contributed by atoms with Crippen LogP contribution in [0.2, 0.25) is 0 Å². The number of aromatic nitrogens is 2. The Balaban J connectivity index is 2.05. The molecule has 0 saturated carbocycles. The smallest absolute Gasteiger partial charge is 0.336 e. The standard InChI is InChI=1S/C20H14N2O4/c1-12-9-17(25)26-20-15(12)7-8-16(24)18(20)19-13(11-23)10-22(21-19)14-5-3-2-4-6-14/h2-11,24H,1H3. The zero-order valence-corrected chi connectivity index (χ0v) is 13.8. The molecule has 0 radical (unpaired) electrons. The summed E-state index contributed by atoms with van der Waals surface area (Å²) in [7, 11) is 0. The molecular weight excluding hydrogens is 332 g/mol. The molecule has 4 aromatic rings. The Morgan fingerprint density at radius 3 is 2.65 bits per heavy atom. The largest absolute Gasteiger partial charge is 0.507 e. The van der Waals surface area contributed by atoms with Gasteiger partial charge in [-0.05, 0) is 36.8 Å². The third kappa shape index (κ3) is 2.48. The third-order valence-corrected chi connectivity index (χ3v) is 4.22. The average Bonchev–Trinajstić information content (AvgIpc) is 3.06. The van der Waals surface area contributed by atoms with Gasteiger partial charge in [0.15, 0.2) is 11.9 Å². The van der Waals surface area contributed by atoms with Crippen LogP contribution >= 0.6 is 0 Å². The predicted octanol–water partition coefficient (Wildman–Crippen LogP) is 3.47. The van der Waals surface area contributed by atoms with Crippen molar-refractivity contribution in [2.75, 3.05) is 0 Å². The number of phenols is 1. The number of benzene rings is 2. The lowest BCUT2D eigenvalue weighted by Gasteiger charge is -2.08. The molecule has 128 valence electrons. The molecule has 0 unspecified atom stereocenters. The first-order valence-corrected chi connectivity index (χ1v) is 7.95. The Bertz CT molecular complexity index is 1190. The van der Waals surface area contributed by atoms with E-state index in [4.69, 9.17) is 4.42 Å². The number of phenolic OH excluding ortho intramolecular Hbond substituents is 1. The molecule has 0 amide bonds. The van der Waals surface area contributed by atoms with Crippen molar-refractivity contribution < 1.29 is 14.3 Å². The Morgan fingerprint density at radius 2 is 1.92 bits per heavy atom. The quantitative estimate of drug-likeness (QED) is 0.453. The number of carbonyl (C=O) groups is 1. The van der Waals surface area contributed by atoms with E-state index in [1.807, 2.05) is 30.3 Å². The molecule has 6 nitrogen and oxygen atoms in total. The molecule has 2 aromatic heterocycles. The number of para-hydroxylation sites is 1. The first-order valence-electron chi connectivity index (χ1n) is 7.95. The lowest BCUT2D eigenvalue weighted by molar-refractivity contribution is 0.112. The van der Waals surface area contributed by atoms with Gasteiger partial charge in [0.05, 0.1) is 16.8 Å². The van der Waals surface area contributed by atoms with Gasteiger partial charge in [-0.2, -0.15) is 5.10 Å². The average molecular weight is 346 g/mol. The van der Waals surface area contributed by atoms with Crippen LogP contribution in [0, 0.1) is 6.92 Å². The van der Waals surface area contributed by atoms with E-state index in [0.717, 1.165) is 5.69 Å². The second kappa shape index (κ2) is 6.00. The predicted molar refractivity (Wildman–Crippen MR) is 96.8 cm³/mol. The Labute approximate surface area is 147 Å². The number of aryl methyl sites for hydroxylation is 1. The molecule has 6 heteroatoms. The van der Waals surface area contributed by atoms with Gasteiger partial charge in [-0.3, -0.25) is 4.79 Å². The summed E-state index contributed by atoms with van der Waals surface area (Å²) in [6.45, 7) is 1.78. The van der Waals surface area contributed by atoms with Gasteiger partial charge in [0.2, 0.25) is 0 Å². The number of hydrogen-bond donors (Lipinski definition) is 1. The highest BCUT2D eigenvalue weighted by Gasteiger charge is 2.20. The number of aromatic hydroxyl groups is 1. The van der Waals surface area contributed by atoms with Crippen LogP contribution in [0.1, 0.15) is 15.9 Å². The summed E-state index contributed by atoms with van der Waals surface area (Å²) >= 11 is 0. The monoisotopic (exact) mass is 346 g/mol. The van der Waals surface area contributed by atoms with Crippen molar-refractivity contribution in [3.8, 4) is 22.7 Å². The zero-order valence-electron chi connectivity index (χ0n) is 13.8. The minimum Gasteiger partial charge on any atom is -0.507 e. The van der Waals surface area contributed by atoms with Crippen molar-refractivity contribution >= 4 is 17.3 Å². The van der Waals surface area contributed by atoms with Gasteiger partial charge in [-0.15, -0.1) is 0 Å². The van der Waals surface area contributed by atoms with Gasteiger partial charge >= 0.3 is 5.63 Å². The molecule has 0 fully saturated rings. The van der Waals surface area contributed by atoms with Crippen molar-refractivity contribution in [2.45, 2.75) is 6.92 Å². The number of hydrogen-bond acceptors (Lipinski definition) is 5. The van der Waals surface area contributed by atoms with Crippen molar-refractivity contribution in [1.82, 2.24) is 9.78 Å². The highest BCUT2D eigenvalue weighted by Crippen LogP contribution is 2.37. The fourth-order valence-electron chi connectivity index (χ4n) is 2.98. The van der Waals surface area contributed by atoms with Gasteiger partial charge in [0.1, 0.15) is 11.4 Å². The van der Waals surface area contributed by atoms with E-state index in [1.54, 1.807) is 23.9 Å². The Kier molecular flexibility index (Phi) is 3.65.